The van der Waals surface area contributed by atoms with E-state index in [2.05, 4.69) is 11.9 Å². The summed E-state index contributed by atoms with van der Waals surface area (Å²) in [6.07, 6.45) is 3.07. The SMILES string of the molecule is C=CCNC(=O)C1(Cc2ccccc2-c2ccccc2F)CCN(C(=O)CC)C1. The maximum absolute atomic E-state index is 14.5. The minimum absolute atomic E-state index is 0.0470. The van der Waals surface area contributed by atoms with Gasteiger partial charge in [0.15, 0.2) is 0 Å². The molecule has 29 heavy (non-hydrogen) atoms. The van der Waals surface area contributed by atoms with Crippen molar-refractivity contribution in [2.45, 2.75) is 26.2 Å². The van der Waals surface area contributed by atoms with Gasteiger partial charge in [-0.2, -0.15) is 0 Å². The van der Waals surface area contributed by atoms with Gasteiger partial charge in [-0.15, -0.1) is 6.58 Å². The van der Waals surface area contributed by atoms with E-state index in [4.69, 9.17) is 0 Å². The van der Waals surface area contributed by atoms with E-state index in [0.29, 0.717) is 44.5 Å². The van der Waals surface area contributed by atoms with Crippen LogP contribution in [0.5, 0.6) is 0 Å². The fourth-order valence-electron chi connectivity index (χ4n) is 4.05. The second-order valence-corrected chi connectivity index (χ2v) is 7.51. The van der Waals surface area contributed by atoms with Gasteiger partial charge in [0, 0.05) is 31.6 Å². The van der Waals surface area contributed by atoms with Gasteiger partial charge in [-0.3, -0.25) is 9.59 Å². The molecule has 0 radical (unpaired) electrons. The van der Waals surface area contributed by atoms with Crippen molar-refractivity contribution in [1.29, 1.82) is 0 Å². The van der Waals surface area contributed by atoms with Crippen molar-refractivity contribution in [1.82, 2.24) is 10.2 Å². The predicted octanol–water partition coefficient (Wildman–Crippen LogP) is 3.97. The van der Waals surface area contributed by atoms with Crippen LogP contribution in [0.4, 0.5) is 4.39 Å². The molecular weight excluding hydrogens is 367 g/mol. The Kier molecular flexibility index (Phi) is 6.47. The molecule has 2 aromatic carbocycles. The third-order valence-electron chi connectivity index (χ3n) is 5.61. The van der Waals surface area contributed by atoms with E-state index < -0.39 is 5.41 Å². The topological polar surface area (TPSA) is 49.4 Å². The molecule has 0 bridgehead atoms. The average molecular weight is 394 g/mol. The van der Waals surface area contributed by atoms with Crippen LogP contribution >= 0.6 is 0 Å². The van der Waals surface area contributed by atoms with E-state index in [-0.39, 0.29) is 17.6 Å². The normalized spacial score (nSPS) is 18.5. The smallest absolute Gasteiger partial charge is 0.228 e. The Morgan fingerprint density at radius 3 is 2.55 bits per heavy atom. The Hall–Kier alpha value is -2.95. The Morgan fingerprint density at radius 1 is 1.17 bits per heavy atom. The monoisotopic (exact) mass is 394 g/mol. The largest absolute Gasteiger partial charge is 0.352 e. The van der Waals surface area contributed by atoms with Crippen molar-refractivity contribution in [2.75, 3.05) is 19.6 Å². The molecular formula is C24H27FN2O2. The number of nitrogens with one attached hydrogen (secondary N) is 1. The number of halogens is 1. The average Bonchev–Trinajstić information content (AvgIpc) is 3.17. The van der Waals surface area contributed by atoms with Gasteiger partial charge >= 0.3 is 0 Å². The summed E-state index contributed by atoms with van der Waals surface area (Å²) in [4.78, 5) is 27.1. The zero-order valence-corrected chi connectivity index (χ0v) is 16.8. The molecule has 0 aliphatic carbocycles. The molecule has 0 saturated carbocycles. The minimum atomic E-state index is -0.741. The number of carbonyl (C=O) groups is 2. The molecule has 5 heteroatoms. The number of nitrogens with zero attached hydrogens (tertiary/aromatic N) is 1. The van der Waals surface area contributed by atoms with Crippen LogP contribution < -0.4 is 5.32 Å². The van der Waals surface area contributed by atoms with Crippen LogP contribution in [0.15, 0.2) is 61.2 Å². The Morgan fingerprint density at radius 2 is 1.86 bits per heavy atom. The predicted molar refractivity (Wildman–Crippen MR) is 113 cm³/mol. The molecule has 1 heterocycles. The van der Waals surface area contributed by atoms with E-state index in [1.165, 1.54) is 6.07 Å². The lowest BCUT2D eigenvalue weighted by Gasteiger charge is -2.29. The van der Waals surface area contributed by atoms with Crippen molar-refractivity contribution in [3.05, 3.63) is 72.6 Å². The highest BCUT2D eigenvalue weighted by molar-refractivity contribution is 5.86. The molecule has 2 amide bonds. The maximum atomic E-state index is 14.5. The molecule has 1 N–H and O–H groups in total. The zero-order chi connectivity index (χ0) is 20.9. The third kappa shape index (κ3) is 4.39. The third-order valence-corrected chi connectivity index (χ3v) is 5.61. The standard InChI is InChI=1S/C24H27FN2O2/c1-3-14-26-23(29)24(13-15-27(17-24)22(28)4-2)16-18-9-5-6-10-19(18)20-11-7-8-12-21(20)25/h3,5-12H,1,4,13-17H2,2H3,(H,26,29). The summed E-state index contributed by atoms with van der Waals surface area (Å²) >= 11 is 0. The van der Waals surface area contributed by atoms with Gasteiger partial charge in [0.25, 0.3) is 0 Å². The first-order valence-corrected chi connectivity index (χ1v) is 10.0. The van der Waals surface area contributed by atoms with Crippen molar-refractivity contribution < 1.29 is 14.0 Å². The summed E-state index contributed by atoms with van der Waals surface area (Å²) in [5.74, 6) is -0.336. The second kappa shape index (κ2) is 9.03. The lowest BCUT2D eigenvalue weighted by molar-refractivity contribution is -0.133. The lowest BCUT2D eigenvalue weighted by atomic mass is 9.78. The van der Waals surface area contributed by atoms with Crippen LogP contribution in [0.2, 0.25) is 0 Å². The van der Waals surface area contributed by atoms with E-state index in [9.17, 15) is 14.0 Å². The summed E-state index contributed by atoms with van der Waals surface area (Å²) in [7, 11) is 0. The van der Waals surface area contributed by atoms with Crippen LogP contribution in [-0.4, -0.2) is 36.3 Å². The van der Waals surface area contributed by atoms with Crippen LogP contribution in [-0.2, 0) is 16.0 Å². The first kappa shape index (κ1) is 20.8. The zero-order valence-electron chi connectivity index (χ0n) is 16.8. The molecule has 2 aromatic rings. The summed E-state index contributed by atoms with van der Waals surface area (Å²) in [5.41, 5.74) is 1.46. The summed E-state index contributed by atoms with van der Waals surface area (Å²) in [6, 6.07) is 14.3. The molecule has 1 fully saturated rings. The summed E-state index contributed by atoms with van der Waals surface area (Å²) in [5, 5.41) is 2.91. The van der Waals surface area contributed by atoms with Crippen LogP contribution in [0.1, 0.15) is 25.3 Å². The van der Waals surface area contributed by atoms with Crippen molar-refractivity contribution in [3.63, 3.8) is 0 Å². The Labute approximate surface area is 171 Å². The van der Waals surface area contributed by atoms with Gasteiger partial charge in [-0.1, -0.05) is 55.5 Å². The molecule has 1 atom stereocenters. The van der Waals surface area contributed by atoms with E-state index in [1.807, 2.05) is 31.2 Å². The number of benzene rings is 2. The van der Waals surface area contributed by atoms with E-state index >= 15 is 0 Å². The molecule has 3 rings (SSSR count). The van der Waals surface area contributed by atoms with Crippen LogP contribution in [0, 0.1) is 11.2 Å². The van der Waals surface area contributed by atoms with Gasteiger partial charge in [0.2, 0.25) is 11.8 Å². The summed E-state index contributed by atoms with van der Waals surface area (Å²) in [6.45, 7) is 6.79. The van der Waals surface area contributed by atoms with Gasteiger partial charge in [-0.25, -0.2) is 4.39 Å². The molecule has 4 nitrogen and oxygen atoms in total. The van der Waals surface area contributed by atoms with Crippen molar-refractivity contribution in [2.24, 2.45) is 5.41 Å². The highest BCUT2D eigenvalue weighted by Crippen LogP contribution is 2.38. The molecule has 152 valence electrons. The number of hydrogen-bond donors (Lipinski definition) is 1. The minimum Gasteiger partial charge on any atom is -0.352 e. The van der Waals surface area contributed by atoms with E-state index in [1.54, 1.807) is 29.2 Å². The van der Waals surface area contributed by atoms with Crippen molar-refractivity contribution in [3.8, 4) is 11.1 Å². The first-order chi connectivity index (χ1) is 14.0. The quantitative estimate of drug-likeness (QED) is 0.723. The van der Waals surface area contributed by atoms with Crippen molar-refractivity contribution >= 4 is 11.8 Å². The van der Waals surface area contributed by atoms with E-state index in [0.717, 1.165) is 11.1 Å². The number of likely N-dealkylation sites (tertiary alicyclic amines) is 1. The first-order valence-electron chi connectivity index (χ1n) is 10.0. The van der Waals surface area contributed by atoms with Gasteiger partial charge < -0.3 is 10.2 Å². The highest BCUT2D eigenvalue weighted by atomic mass is 19.1. The fourth-order valence-corrected chi connectivity index (χ4v) is 4.05. The second-order valence-electron chi connectivity index (χ2n) is 7.51. The fraction of sp³-hybridized carbons (Fsp3) is 0.333. The summed E-state index contributed by atoms with van der Waals surface area (Å²) < 4.78 is 14.5. The number of amides is 2. The molecule has 1 aliphatic heterocycles. The Bertz CT molecular complexity index is 911. The van der Waals surface area contributed by atoms with Crippen LogP contribution in [0.3, 0.4) is 0 Å². The molecule has 1 unspecified atom stereocenters. The molecule has 1 saturated heterocycles. The molecule has 0 aromatic heterocycles. The highest BCUT2D eigenvalue weighted by Gasteiger charge is 2.45. The van der Waals surface area contributed by atoms with Gasteiger partial charge in [0.05, 0.1) is 5.41 Å². The number of carbonyl (C=O) groups excluding carboxylic acids is 2. The van der Waals surface area contributed by atoms with Crippen LogP contribution in [0.25, 0.3) is 11.1 Å². The number of rotatable bonds is 7. The maximum Gasteiger partial charge on any atom is 0.228 e. The lowest BCUT2D eigenvalue weighted by Crippen LogP contribution is -2.45. The Balaban J connectivity index is 1.98. The number of hydrogen-bond acceptors (Lipinski definition) is 2. The molecule has 1 aliphatic rings. The van der Waals surface area contributed by atoms with Gasteiger partial charge in [-0.05, 0) is 30.0 Å². The molecule has 0 spiro atoms. The van der Waals surface area contributed by atoms with Gasteiger partial charge in [0.1, 0.15) is 5.82 Å².